The van der Waals surface area contributed by atoms with Crippen LogP contribution in [0.25, 0.3) is 83.4 Å². The molecule has 6 heteroatoms. The number of rotatable bonds is 10. The zero-order valence-corrected chi connectivity index (χ0v) is 44.6. The van der Waals surface area contributed by atoms with Crippen molar-refractivity contribution in [3.05, 3.63) is 193 Å². The molecule has 0 bridgehead atoms. The predicted molar refractivity (Wildman–Crippen MR) is 282 cm³/mol. The molecule has 3 aromatic heterocycles. The molecular formula is C61H59GeIrN3O-2. The Balaban J connectivity index is 0.000000244. The molecule has 0 aliphatic heterocycles. The largest absolute Gasteiger partial charge is 0.557 e. The first-order chi connectivity index (χ1) is 31.9. The van der Waals surface area contributed by atoms with Gasteiger partial charge in [0.25, 0.3) is 0 Å². The first-order valence-electron chi connectivity index (χ1n) is 23.5. The van der Waals surface area contributed by atoms with Gasteiger partial charge in [-0.25, -0.2) is 0 Å². The maximum Gasteiger partial charge on any atom is 0.0774 e. The molecule has 7 aromatic carbocycles. The van der Waals surface area contributed by atoms with Crippen molar-refractivity contribution in [1.82, 2.24) is 14.5 Å². The number of fused-ring (bicyclic) bond motifs is 3. The molecule has 0 atom stereocenters. The van der Waals surface area contributed by atoms with Crippen LogP contribution in [0.3, 0.4) is 0 Å². The van der Waals surface area contributed by atoms with Crippen LogP contribution in [0, 0.1) is 18.2 Å². The summed E-state index contributed by atoms with van der Waals surface area (Å²) in [6.45, 7) is 13.7. The topological polar surface area (TPSA) is 43.9 Å². The van der Waals surface area contributed by atoms with E-state index in [0.717, 1.165) is 56.6 Å². The summed E-state index contributed by atoms with van der Waals surface area (Å²) < 4.78 is 10.0. The minimum absolute atomic E-state index is 0. The number of hydrogen-bond donors (Lipinski definition) is 0. The standard InChI is InChI=1S/C43H35N2O.C18H24GeN.Ir/c1-27(2)35-24-32(29-13-6-5-7-14-29)25-36(28(3)4)42(35)45-40-20-11-10-19-39(40)44-43(45)38-26-46-41-22-21-31(23-37(38)41)34-18-12-16-30-15-8-9-17-33(30)34;1-14(2)11-16-12-18(15-9-7-6-8-10-15)20-13-17(16)19(3,4)5;/h5-25,27-28H,1-4H3;6-9,12-14H,11H2,1-5H3;/q2*-1;. The van der Waals surface area contributed by atoms with Crippen LogP contribution < -0.4 is 4.40 Å². The Morgan fingerprint density at radius 3 is 2.03 bits per heavy atom. The molecule has 0 spiro atoms. The Hall–Kier alpha value is -5.85. The molecule has 3 heterocycles. The van der Waals surface area contributed by atoms with Gasteiger partial charge in [-0.1, -0.05) is 142 Å². The molecule has 4 nitrogen and oxygen atoms in total. The Kier molecular flexibility index (Phi) is 14.3. The number of nitrogens with zero attached hydrogens (tertiary/aromatic N) is 3. The Morgan fingerprint density at radius 2 is 1.33 bits per heavy atom. The number of pyridine rings is 1. The van der Waals surface area contributed by atoms with E-state index in [1.165, 1.54) is 49.8 Å². The molecule has 10 aromatic rings. The zero-order valence-electron chi connectivity index (χ0n) is 40.1. The van der Waals surface area contributed by atoms with Crippen LogP contribution in [0.15, 0.2) is 168 Å². The zero-order chi connectivity index (χ0) is 46.1. The average molecular weight is 1110 g/mol. The number of para-hydroxylation sites is 2. The smallest absolute Gasteiger partial charge is 0.0774 e. The van der Waals surface area contributed by atoms with Crippen LogP contribution in [0.4, 0.5) is 0 Å². The normalized spacial score (nSPS) is 11.7. The number of hydrogen-bond acceptors (Lipinski definition) is 3. The van der Waals surface area contributed by atoms with Gasteiger partial charge in [0.1, 0.15) is 0 Å². The second-order valence-corrected chi connectivity index (χ2v) is 30.2. The second-order valence-electron chi connectivity index (χ2n) is 19.6. The van der Waals surface area contributed by atoms with Gasteiger partial charge in [0.2, 0.25) is 0 Å². The molecule has 0 N–H and O–H groups in total. The van der Waals surface area contributed by atoms with E-state index >= 15 is 0 Å². The van der Waals surface area contributed by atoms with E-state index in [1.807, 2.05) is 18.2 Å². The van der Waals surface area contributed by atoms with Gasteiger partial charge in [0.15, 0.2) is 0 Å². The molecule has 0 unspecified atom stereocenters. The van der Waals surface area contributed by atoms with E-state index in [9.17, 15) is 0 Å². The predicted octanol–water partition coefficient (Wildman–Crippen LogP) is 16.3. The van der Waals surface area contributed by atoms with E-state index in [2.05, 4.69) is 221 Å². The second kappa shape index (κ2) is 20.2. The Bertz CT molecular complexity index is 3270. The number of aromatic nitrogens is 3. The molecule has 0 saturated heterocycles. The summed E-state index contributed by atoms with van der Waals surface area (Å²) in [6, 6.07) is 59.0. The van der Waals surface area contributed by atoms with Crippen molar-refractivity contribution in [3.63, 3.8) is 0 Å². The third-order valence-electron chi connectivity index (χ3n) is 12.6. The molecule has 1 radical (unpaired) electrons. The third-order valence-corrected chi connectivity index (χ3v) is 16.9. The minimum Gasteiger partial charge on any atom is -0.557 e. The van der Waals surface area contributed by atoms with Crippen molar-refractivity contribution in [1.29, 1.82) is 0 Å². The number of furan rings is 1. The van der Waals surface area contributed by atoms with Crippen molar-refractivity contribution in [2.45, 2.75) is 77.1 Å². The monoisotopic (exact) mass is 1120 g/mol. The van der Waals surface area contributed by atoms with Gasteiger partial charge in [-0.3, -0.25) is 4.98 Å². The summed E-state index contributed by atoms with van der Waals surface area (Å²) in [4.78, 5) is 9.99. The minimum atomic E-state index is -1.86. The van der Waals surface area contributed by atoms with Crippen LogP contribution in [-0.4, -0.2) is 27.8 Å². The quantitative estimate of drug-likeness (QED) is 0.101. The van der Waals surface area contributed by atoms with E-state index in [-0.39, 0.29) is 31.9 Å². The maximum atomic E-state index is 6.12. The molecule has 0 fully saturated rings. The van der Waals surface area contributed by atoms with Crippen LogP contribution in [0.2, 0.25) is 17.3 Å². The molecule has 67 heavy (non-hydrogen) atoms. The summed E-state index contributed by atoms with van der Waals surface area (Å²) in [7, 11) is 0. The fraction of sp³-hybridized carbons (Fsp3) is 0.213. The average Bonchev–Trinajstić information content (AvgIpc) is 3.92. The molecule has 0 amide bonds. The fourth-order valence-electron chi connectivity index (χ4n) is 9.30. The van der Waals surface area contributed by atoms with Crippen LogP contribution in [-0.2, 0) is 26.5 Å². The van der Waals surface area contributed by atoms with Crippen molar-refractivity contribution < 1.29 is 24.5 Å². The number of benzene rings is 7. The van der Waals surface area contributed by atoms with Gasteiger partial charge < -0.3 is 8.98 Å². The van der Waals surface area contributed by atoms with Crippen molar-refractivity contribution in [3.8, 4) is 50.6 Å². The van der Waals surface area contributed by atoms with Crippen LogP contribution >= 0.6 is 0 Å². The fourth-order valence-corrected chi connectivity index (χ4v) is 12.6. The van der Waals surface area contributed by atoms with E-state index in [1.54, 1.807) is 4.40 Å². The van der Waals surface area contributed by atoms with Crippen molar-refractivity contribution in [2.75, 3.05) is 0 Å². The van der Waals surface area contributed by atoms with E-state index in [4.69, 9.17) is 14.4 Å². The third kappa shape index (κ3) is 9.93. The van der Waals surface area contributed by atoms with Crippen LogP contribution in [0.5, 0.6) is 0 Å². The summed E-state index contributed by atoms with van der Waals surface area (Å²) in [6.07, 6.45) is 6.57. The molecular weight excluding hydrogens is 1060 g/mol. The molecule has 10 rings (SSSR count). The van der Waals surface area contributed by atoms with Gasteiger partial charge in [-0.2, -0.15) is 0 Å². The molecule has 0 aliphatic rings. The van der Waals surface area contributed by atoms with Crippen molar-refractivity contribution in [2.24, 2.45) is 5.92 Å². The van der Waals surface area contributed by atoms with Gasteiger partial charge >= 0.3 is 126 Å². The first-order valence-corrected chi connectivity index (χ1v) is 30.8. The molecule has 339 valence electrons. The first kappa shape index (κ1) is 47.6. The van der Waals surface area contributed by atoms with Gasteiger partial charge in [-0.05, 0) is 80.3 Å². The Labute approximate surface area is 413 Å². The maximum absolute atomic E-state index is 6.12. The summed E-state index contributed by atoms with van der Waals surface area (Å²) in [5, 5.41) is 3.45. The SMILES string of the molecule is CC(C)Cc1cc(-c2[c-]cccc2)nc[c]1[Ge]([CH3])([CH3])[CH3].CC(C)c1cc(-c2ccccc2)cc(C(C)C)c1-n1c(-c2[c-]oc3ccc(-c4cccc5ccccc45)cc23)nc2ccccc21.[Ir]. The summed E-state index contributed by atoms with van der Waals surface area (Å²) in [5.41, 5.74) is 15.9. The summed E-state index contributed by atoms with van der Waals surface area (Å²) >= 11 is -1.86. The van der Waals surface area contributed by atoms with Gasteiger partial charge in [-0.15, -0.1) is 0 Å². The van der Waals surface area contributed by atoms with Gasteiger partial charge in [0.05, 0.1) is 16.9 Å². The Morgan fingerprint density at radius 1 is 0.642 bits per heavy atom. The molecule has 0 aliphatic carbocycles. The van der Waals surface area contributed by atoms with Crippen LogP contribution in [0.1, 0.15) is 70.1 Å². The van der Waals surface area contributed by atoms with Gasteiger partial charge in [0, 0.05) is 37.6 Å². The number of imidazole rings is 1. The van der Waals surface area contributed by atoms with E-state index < -0.39 is 13.3 Å². The van der Waals surface area contributed by atoms with E-state index in [0.29, 0.717) is 5.92 Å². The van der Waals surface area contributed by atoms with Crippen molar-refractivity contribution >= 4 is 50.4 Å². The molecule has 0 saturated carbocycles. The summed E-state index contributed by atoms with van der Waals surface area (Å²) in [5.74, 6) is 9.40.